The van der Waals surface area contributed by atoms with Crippen molar-refractivity contribution in [3.8, 4) is 0 Å². The van der Waals surface area contributed by atoms with Crippen LogP contribution < -0.4 is 5.32 Å². The summed E-state index contributed by atoms with van der Waals surface area (Å²) in [6, 6.07) is 3.29. The monoisotopic (exact) mass is 249 g/mol. The molecule has 1 unspecified atom stereocenters. The summed E-state index contributed by atoms with van der Waals surface area (Å²) in [7, 11) is 0. The number of aliphatic carboxylic acids is 1. The van der Waals surface area contributed by atoms with E-state index >= 15 is 0 Å². The van der Waals surface area contributed by atoms with Gasteiger partial charge in [-0.05, 0) is 30.9 Å². The van der Waals surface area contributed by atoms with E-state index in [0.29, 0.717) is 18.7 Å². The second-order valence-corrected chi connectivity index (χ2v) is 4.73. The molecule has 1 aromatic heterocycles. The van der Waals surface area contributed by atoms with Crippen LogP contribution in [0.5, 0.6) is 0 Å². The highest BCUT2D eigenvalue weighted by Crippen LogP contribution is 2.36. The first-order chi connectivity index (χ1) is 8.58. The van der Waals surface area contributed by atoms with Gasteiger partial charge in [0.2, 0.25) is 5.91 Å². The Morgan fingerprint density at radius 3 is 2.72 bits per heavy atom. The maximum Gasteiger partial charge on any atom is 0.307 e. The minimum atomic E-state index is -0.904. The summed E-state index contributed by atoms with van der Waals surface area (Å²) in [5.74, 6) is -1.67. The smallest absolute Gasteiger partial charge is 0.307 e. The van der Waals surface area contributed by atoms with Gasteiger partial charge in [0.05, 0.1) is 11.8 Å². The Bertz CT molecular complexity index is 449. The van der Waals surface area contributed by atoms with E-state index in [-0.39, 0.29) is 11.8 Å². The number of aromatic nitrogens is 2. The van der Waals surface area contributed by atoms with Crippen molar-refractivity contribution in [2.75, 3.05) is 5.32 Å². The fourth-order valence-electron chi connectivity index (χ4n) is 2.44. The van der Waals surface area contributed by atoms with Crippen molar-refractivity contribution in [2.24, 2.45) is 17.8 Å². The third-order valence-corrected chi connectivity index (χ3v) is 3.28. The summed E-state index contributed by atoms with van der Waals surface area (Å²) in [6.07, 6.45) is 2.66. The molecule has 96 valence electrons. The van der Waals surface area contributed by atoms with E-state index in [2.05, 4.69) is 15.5 Å². The van der Waals surface area contributed by atoms with Gasteiger partial charge in [-0.25, -0.2) is 0 Å². The van der Waals surface area contributed by atoms with Crippen molar-refractivity contribution in [3.05, 3.63) is 18.3 Å². The van der Waals surface area contributed by atoms with Crippen molar-refractivity contribution < 1.29 is 14.7 Å². The number of carboxylic acids is 1. The zero-order valence-corrected chi connectivity index (χ0v) is 10.0. The number of carbonyl (C=O) groups excluding carboxylic acids is 1. The molecule has 1 fully saturated rings. The fourth-order valence-corrected chi connectivity index (χ4v) is 2.44. The number of nitrogens with zero attached hydrogens (tertiary/aromatic N) is 2. The molecule has 1 aliphatic rings. The number of amides is 1. The molecule has 0 aromatic carbocycles. The molecule has 0 saturated heterocycles. The summed E-state index contributed by atoms with van der Waals surface area (Å²) >= 11 is 0. The van der Waals surface area contributed by atoms with Gasteiger partial charge >= 0.3 is 5.97 Å². The van der Waals surface area contributed by atoms with Crippen LogP contribution in [0.3, 0.4) is 0 Å². The van der Waals surface area contributed by atoms with Crippen LogP contribution >= 0.6 is 0 Å². The molecule has 1 heterocycles. The SMILES string of the molecule is CC1C[C@H](C(=O)Nc2cccnn2)[C@H](C(=O)O)C1. The highest BCUT2D eigenvalue weighted by Gasteiger charge is 2.41. The molecule has 1 aromatic rings. The molecule has 1 aliphatic carbocycles. The van der Waals surface area contributed by atoms with Gasteiger partial charge in [0.25, 0.3) is 0 Å². The van der Waals surface area contributed by atoms with E-state index in [1.165, 1.54) is 6.20 Å². The average Bonchev–Trinajstić information content (AvgIpc) is 2.73. The Hall–Kier alpha value is -1.98. The maximum atomic E-state index is 12.0. The predicted molar refractivity (Wildman–Crippen MR) is 63.7 cm³/mol. The van der Waals surface area contributed by atoms with Crippen LogP contribution in [0.15, 0.2) is 18.3 Å². The zero-order chi connectivity index (χ0) is 13.1. The van der Waals surface area contributed by atoms with Gasteiger partial charge in [0.1, 0.15) is 0 Å². The number of anilines is 1. The molecule has 6 heteroatoms. The van der Waals surface area contributed by atoms with Crippen LogP contribution in [0, 0.1) is 17.8 Å². The lowest BCUT2D eigenvalue weighted by atomic mass is 9.95. The van der Waals surface area contributed by atoms with Crippen LogP contribution in [0.4, 0.5) is 5.82 Å². The first-order valence-corrected chi connectivity index (χ1v) is 5.89. The van der Waals surface area contributed by atoms with Gasteiger partial charge < -0.3 is 10.4 Å². The van der Waals surface area contributed by atoms with Crippen LogP contribution in [0.1, 0.15) is 19.8 Å². The van der Waals surface area contributed by atoms with Gasteiger partial charge in [0, 0.05) is 6.20 Å². The number of hydrogen-bond donors (Lipinski definition) is 2. The quantitative estimate of drug-likeness (QED) is 0.838. The minimum Gasteiger partial charge on any atom is -0.481 e. The molecule has 2 rings (SSSR count). The molecule has 3 atom stereocenters. The molecule has 0 aliphatic heterocycles. The Balaban J connectivity index is 2.06. The van der Waals surface area contributed by atoms with E-state index in [1.807, 2.05) is 6.92 Å². The molecule has 1 amide bonds. The van der Waals surface area contributed by atoms with Gasteiger partial charge in [-0.1, -0.05) is 6.92 Å². The lowest BCUT2D eigenvalue weighted by Crippen LogP contribution is -2.30. The number of rotatable bonds is 3. The topological polar surface area (TPSA) is 92.2 Å². The number of carbonyl (C=O) groups is 2. The van der Waals surface area contributed by atoms with E-state index in [0.717, 1.165) is 0 Å². The maximum absolute atomic E-state index is 12.0. The van der Waals surface area contributed by atoms with Gasteiger partial charge in [-0.2, -0.15) is 5.10 Å². The average molecular weight is 249 g/mol. The second kappa shape index (κ2) is 5.12. The Morgan fingerprint density at radius 2 is 2.11 bits per heavy atom. The second-order valence-electron chi connectivity index (χ2n) is 4.73. The van der Waals surface area contributed by atoms with Crippen molar-refractivity contribution in [2.45, 2.75) is 19.8 Å². The minimum absolute atomic E-state index is 0.253. The molecule has 0 spiro atoms. The van der Waals surface area contributed by atoms with Crippen LogP contribution in [-0.2, 0) is 9.59 Å². The van der Waals surface area contributed by atoms with Crippen LogP contribution in [0.25, 0.3) is 0 Å². The Morgan fingerprint density at radius 1 is 1.39 bits per heavy atom. The Labute approximate surface area is 104 Å². The first kappa shape index (κ1) is 12.5. The number of hydrogen-bond acceptors (Lipinski definition) is 4. The summed E-state index contributed by atoms with van der Waals surface area (Å²) < 4.78 is 0. The van der Waals surface area contributed by atoms with Gasteiger partial charge in [-0.15, -0.1) is 5.10 Å². The standard InChI is InChI=1S/C12H15N3O3/c1-7-5-8(9(6-7)12(17)18)11(16)14-10-3-2-4-13-15-10/h2-4,7-9H,5-6H2,1H3,(H,17,18)(H,14,15,16)/t7?,8-,9+/m0/s1. The highest BCUT2D eigenvalue weighted by molar-refractivity contribution is 5.94. The van der Waals surface area contributed by atoms with E-state index in [9.17, 15) is 9.59 Å². The molecule has 6 nitrogen and oxygen atoms in total. The third-order valence-electron chi connectivity index (χ3n) is 3.28. The summed E-state index contributed by atoms with van der Waals surface area (Å²) in [6.45, 7) is 1.96. The van der Waals surface area contributed by atoms with Crippen molar-refractivity contribution in [3.63, 3.8) is 0 Å². The van der Waals surface area contributed by atoms with Crippen molar-refractivity contribution in [1.82, 2.24) is 10.2 Å². The van der Waals surface area contributed by atoms with E-state index < -0.39 is 17.8 Å². The largest absolute Gasteiger partial charge is 0.481 e. The van der Waals surface area contributed by atoms with Crippen molar-refractivity contribution >= 4 is 17.7 Å². The third kappa shape index (κ3) is 2.64. The molecule has 18 heavy (non-hydrogen) atoms. The predicted octanol–water partition coefficient (Wildman–Crippen LogP) is 1.16. The van der Waals surface area contributed by atoms with Gasteiger partial charge in [-0.3, -0.25) is 9.59 Å². The number of nitrogens with one attached hydrogen (secondary N) is 1. The fraction of sp³-hybridized carbons (Fsp3) is 0.500. The van der Waals surface area contributed by atoms with Crippen LogP contribution in [0.2, 0.25) is 0 Å². The van der Waals surface area contributed by atoms with Crippen LogP contribution in [-0.4, -0.2) is 27.2 Å². The Kier molecular flexibility index (Phi) is 3.55. The summed E-state index contributed by atoms with van der Waals surface area (Å²) in [4.78, 5) is 23.1. The molecule has 0 radical (unpaired) electrons. The summed E-state index contributed by atoms with van der Waals surface area (Å²) in [5.41, 5.74) is 0. The molecule has 0 bridgehead atoms. The van der Waals surface area contributed by atoms with E-state index in [4.69, 9.17) is 5.11 Å². The lowest BCUT2D eigenvalue weighted by molar-refractivity contribution is -0.145. The van der Waals surface area contributed by atoms with E-state index in [1.54, 1.807) is 12.1 Å². The normalized spacial score (nSPS) is 26.8. The zero-order valence-electron chi connectivity index (χ0n) is 10.0. The van der Waals surface area contributed by atoms with Crippen molar-refractivity contribution in [1.29, 1.82) is 0 Å². The molecule has 1 saturated carbocycles. The molecule has 2 N–H and O–H groups in total. The van der Waals surface area contributed by atoms with Gasteiger partial charge in [0.15, 0.2) is 5.82 Å². The lowest BCUT2D eigenvalue weighted by Gasteiger charge is -2.14. The number of carboxylic acid groups (broad SMARTS) is 1. The summed E-state index contributed by atoms with van der Waals surface area (Å²) in [5, 5.41) is 19.1. The molecular formula is C12H15N3O3. The molecular weight excluding hydrogens is 234 g/mol. The first-order valence-electron chi connectivity index (χ1n) is 5.89. The highest BCUT2D eigenvalue weighted by atomic mass is 16.4.